The van der Waals surface area contributed by atoms with Crippen molar-refractivity contribution in [1.82, 2.24) is 4.90 Å². The van der Waals surface area contributed by atoms with E-state index in [1.54, 1.807) is 0 Å². The van der Waals surface area contributed by atoms with Crippen LogP contribution in [-0.4, -0.2) is 43.1 Å². The summed E-state index contributed by atoms with van der Waals surface area (Å²) in [6.45, 7) is 3.26. The standard InChI is InChI=1S/C9H20N2S/c1-11(5-2-4-10)7-9-3-6-12-8-9/h9H,2-8,10H2,1H3. The first-order chi connectivity index (χ1) is 5.83. The van der Waals surface area contributed by atoms with E-state index >= 15 is 0 Å². The van der Waals surface area contributed by atoms with Gasteiger partial charge in [0.05, 0.1) is 0 Å². The lowest BCUT2D eigenvalue weighted by Gasteiger charge is -2.19. The highest BCUT2D eigenvalue weighted by Crippen LogP contribution is 2.23. The molecule has 72 valence electrons. The average molecular weight is 188 g/mol. The van der Waals surface area contributed by atoms with Gasteiger partial charge in [-0.15, -0.1) is 0 Å². The second-order valence-corrected chi connectivity index (χ2v) is 4.78. The third-order valence-corrected chi connectivity index (χ3v) is 3.57. The number of thioether (sulfide) groups is 1. The van der Waals surface area contributed by atoms with Crippen molar-refractivity contribution in [3.63, 3.8) is 0 Å². The molecule has 0 bridgehead atoms. The smallest absolute Gasteiger partial charge is 0.00148 e. The van der Waals surface area contributed by atoms with Crippen molar-refractivity contribution in [3.05, 3.63) is 0 Å². The fourth-order valence-electron chi connectivity index (χ4n) is 1.62. The third kappa shape index (κ3) is 3.78. The average Bonchev–Trinajstić information content (AvgIpc) is 2.53. The van der Waals surface area contributed by atoms with E-state index in [1.807, 2.05) is 0 Å². The summed E-state index contributed by atoms with van der Waals surface area (Å²) in [6, 6.07) is 0. The quantitative estimate of drug-likeness (QED) is 0.698. The number of hydrogen-bond acceptors (Lipinski definition) is 3. The highest BCUT2D eigenvalue weighted by Gasteiger charge is 2.16. The third-order valence-electron chi connectivity index (χ3n) is 2.34. The van der Waals surface area contributed by atoms with Crippen LogP contribution in [0.5, 0.6) is 0 Å². The zero-order chi connectivity index (χ0) is 8.81. The van der Waals surface area contributed by atoms with Crippen molar-refractivity contribution in [3.8, 4) is 0 Å². The van der Waals surface area contributed by atoms with E-state index in [0.717, 1.165) is 25.4 Å². The molecule has 0 aromatic heterocycles. The molecule has 1 atom stereocenters. The first-order valence-electron chi connectivity index (χ1n) is 4.79. The largest absolute Gasteiger partial charge is 0.330 e. The minimum atomic E-state index is 0.823. The Hall–Kier alpha value is 0.270. The molecule has 1 saturated heterocycles. The van der Waals surface area contributed by atoms with Gasteiger partial charge < -0.3 is 10.6 Å². The van der Waals surface area contributed by atoms with Gasteiger partial charge in [0.2, 0.25) is 0 Å². The Morgan fingerprint density at radius 2 is 2.42 bits per heavy atom. The molecule has 2 N–H and O–H groups in total. The van der Waals surface area contributed by atoms with Crippen molar-refractivity contribution in [2.75, 3.05) is 38.2 Å². The Balaban J connectivity index is 2.03. The highest BCUT2D eigenvalue weighted by atomic mass is 32.2. The maximum absolute atomic E-state index is 5.45. The number of rotatable bonds is 5. The van der Waals surface area contributed by atoms with Crippen LogP contribution in [0, 0.1) is 5.92 Å². The predicted molar refractivity (Wildman–Crippen MR) is 56.6 cm³/mol. The molecule has 0 saturated carbocycles. The van der Waals surface area contributed by atoms with Gasteiger partial charge in [-0.2, -0.15) is 11.8 Å². The van der Waals surface area contributed by atoms with E-state index < -0.39 is 0 Å². The molecule has 1 heterocycles. The van der Waals surface area contributed by atoms with E-state index in [0.29, 0.717) is 0 Å². The van der Waals surface area contributed by atoms with Crippen LogP contribution < -0.4 is 5.73 Å². The topological polar surface area (TPSA) is 29.3 Å². The Labute approximate surface area is 79.9 Å². The van der Waals surface area contributed by atoms with Crippen molar-refractivity contribution in [2.45, 2.75) is 12.8 Å². The van der Waals surface area contributed by atoms with E-state index in [2.05, 4.69) is 23.7 Å². The van der Waals surface area contributed by atoms with E-state index in [-0.39, 0.29) is 0 Å². The zero-order valence-corrected chi connectivity index (χ0v) is 8.78. The fraction of sp³-hybridized carbons (Fsp3) is 1.00. The summed E-state index contributed by atoms with van der Waals surface area (Å²) in [4.78, 5) is 2.42. The molecule has 12 heavy (non-hydrogen) atoms. The molecule has 1 aliphatic rings. The van der Waals surface area contributed by atoms with Crippen LogP contribution in [0.25, 0.3) is 0 Å². The maximum atomic E-state index is 5.45. The van der Waals surface area contributed by atoms with Gasteiger partial charge in [0.25, 0.3) is 0 Å². The molecule has 0 aromatic rings. The molecule has 0 amide bonds. The Bertz CT molecular complexity index is 113. The summed E-state index contributed by atoms with van der Waals surface area (Å²) < 4.78 is 0. The Kier molecular flexibility index (Phi) is 5.04. The van der Waals surface area contributed by atoms with Crippen LogP contribution in [0.4, 0.5) is 0 Å². The molecule has 0 radical (unpaired) electrons. The van der Waals surface area contributed by atoms with Crippen molar-refractivity contribution in [1.29, 1.82) is 0 Å². The van der Waals surface area contributed by atoms with Gasteiger partial charge in [0, 0.05) is 6.54 Å². The van der Waals surface area contributed by atoms with Gasteiger partial charge in [0.1, 0.15) is 0 Å². The van der Waals surface area contributed by atoms with Crippen molar-refractivity contribution >= 4 is 11.8 Å². The van der Waals surface area contributed by atoms with Crippen LogP contribution in [-0.2, 0) is 0 Å². The molecule has 0 aromatic carbocycles. The molecule has 1 aliphatic heterocycles. The molecular formula is C9H20N2S. The summed E-state index contributed by atoms with van der Waals surface area (Å²) in [5.41, 5.74) is 5.45. The molecule has 0 aliphatic carbocycles. The minimum absolute atomic E-state index is 0.823. The maximum Gasteiger partial charge on any atom is 0.00148 e. The molecule has 3 heteroatoms. The Morgan fingerprint density at radius 1 is 1.58 bits per heavy atom. The molecule has 0 spiro atoms. The molecule has 2 nitrogen and oxygen atoms in total. The monoisotopic (exact) mass is 188 g/mol. The van der Waals surface area contributed by atoms with Crippen LogP contribution in [0.1, 0.15) is 12.8 Å². The van der Waals surface area contributed by atoms with Crippen LogP contribution >= 0.6 is 11.8 Å². The van der Waals surface area contributed by atoms with Crippen LogP contribution in [0.3, 0.4) is 0 Å². The SMILES string of the molecule is CN(CCCN)CC1CCSC1. The van der Waals surface area contributed by atoms with Crippen molar-refractivity contribution < 1.29 is 0 Å². The van der Waals surface area contributed by atoms with E-state index in [4.69, 9.17) is 5.73 Å². The first kappa shape index (κ1) is 10.4. The lowest BCUT2D eigenvalue weighted by molar-refractivity contribution is 0.287. The van der Waals surface area contributed by atoms with Gasteiger partial charge in [-0.05, 0) is 50.4 Å². The van der Waals surface area contributed by atoms with Gasteiger partial charge in [-0.3, -0.25) is 0 Å². The predicted octanol–water partition coefficient (Wildman–Crippen LogP) is 1.02. The van der Waals surface area contributed by atoms with Gasteiger partial charge in [-0.1, -0.05) is 0 Å². The summed E-state index contributed by atoms with van der Waals surface area (Å²) >= 11 is 2.10. The van der Waals surface area contributed by atoms with Gasteiger partial charge >= 0.3 is 0 Å². The lowest BCUT2D eigenvalue weighted by atomic mass is 10.1. The normalized spacial score (nSPS) is 23.8. The summed E-state index contributed by atoms with van der Waals surface area (Å²) in [7, 11) is 2.21. The molecule has 1 rings (SSSR count). The first-order valence-corrected chi connectivity index (χ1v) is 5.94. The van der Waals surface area contributed by atoms with Crippen LogP contribution in [0.15, 0.2) is 0 Å². The molecule has 1 fully saturated rings. The van der Waals surface area contributed by atoms with Gasteiger partial charge in [0.15, 0.2) is 0 Å². The van der Waals surface area contributed by atoms with Crippen molar-refractivity contribution in [2.24, 2.45) is 11.7 Å². The number of hydrogen-bond donors (Lipinski definition) is 1. The second kappa shape index (κ2) is 5.84. The summed E-state index contributed by atoms with van der Waals surface area (Å²) in [5.74, 6) is 3.68. The van der Waals surface area contributed by atoms with E-state index in [9.17, 15) is 0 Å². The second-order valence-electron chi connectivity index (χ2n) is 3.63. The summed E-state index contributed by atoms with van der Waals surface area (Å²) in [6.07, 6.45) is 2.55. The van der Waals surface area contributed by atoms with Gasteiger partial charge in [-0.25, -0.2) is 0 Å². The van der Waals surface area contributed by atoms with E-state index in [1.165, 1.54) is 24.5 Å². The highest BCUT2D eigenvalue weighted by molar-refractivity contribution is 7.99. The minimum Gasteiger partial charge on any atom is -0.330 e. The lowest BCUT2D eigenvalue weighted by Crippen LogP contribution is -2.27. The molecular weight excluding hydrogens is 168 g/mol. The number of nitrogens with two attached hydrogens (primary N) is 1. The number of nitrogens with zero attached hydrogens (tertiary/aromatic N) is 1. The summed E-state index contributed by atoms with van der Waals surface area (Å²) in [5, 5.41) is 0. The molecule has 1 unspecified atom stereocenters. The Morgan fingerprint density at radius 3 is 3.00 bits per heavy atom. The van der Waals surface area contributed by atoms with Crippen LogP contribution in [0.2, 0.25) is 0 Å². The fourth-order valence-corrected chi connectivity index (χ4v) is 2.89. The zero-order valence-electron chi connectivity index (χ0n) is 7.96.